The average molecular weight is 249 g/mol. The first kappa shape index (κ1) is 8.64. The molecule has 0 spiro atoms. The lowest BCUT2D eigenvalue weighted by atomic mass is 10.8. The van der Waals surface area contributed by atoms with Crippen molar-refractivity contribution in [2.45, 2.75) is 0 Å². The van der Waals surface area contributed by atoms with Crippen LogP contribution in [0.1, 0.15) is 0 Å². The molecule has 0 aromatic carbocycles. The summed E-state index contributed by atoms with van der Waals surface area (Å²) in [6, 6.07) is 0. The van der Waals surface area contributed by atoms with Crippen molar-refractivity contribution in [1.29, 1.82) is 0 Å². The van der Waals surface area contributed by atoms with E-state index in [0.29, 0.717) is 6.54 Å². The summed E-state index contributed by atoms with van der Waals surface area (Å²) in [5.74, 6) is 0.212. The molecule has 0 rings (SSSR count). The summed E-state index contributed by atoms with van der Waals surface area (Å²) in [7, 11) is -1.05. The third-order valence-electron chi connectivity index (χ3n) is 0.596. The van der Waals surface area contributed by atoms with Gasteiger partial charge < -0.3 is 5.32 Å². The summed E-state index contributed by atoms with van der Waals surface area (Å²) in [6.07, 6.45) is 0. The zero-order valence-electron chi connectivity index (χ0n) is 4.52. The molecule has 0 saturated carbocycles. The fraction of sp³-hybridized carbons (Fsp3) is 1.00. The highest BCUT2D eigenvalue weighted by Gasteiger charge is 2.00. The standard InChI is InChI=1S/C3H8INO2S/c1-5-2-3-8(4,6)7/h5H,2-3H2,1H3. The first-order valence-corrected chi connectivity index (χ1v) is 6.32. The molecule has 0 radical (unpaired) electrons. The molecule has 8 heavy (non-hydrogen) atoms. The van der Waals surface area contributed by atoms with Gasteiger partial charge in [0.05, 0.1) is 27.0 Å². The topological polar surface area (TPSA) is 46.2 Å². The lowest BCUT2D eigenvalue weighted by molar-refractivity contribution is 0.610. The van der Waals surface area contributed by atoms with Gasteiger partial charge in [0.2, 0.25) is 7.01 Å². The molecule has 0 heterocycles. The third kappa shape index (κ3) is 6.64. The molecular weight excluding hydrogens is 241 g/mol. The maximum absolute atomic E-state index is 10.3. The Bertz CT molecular complexity index is 141. The van der Waals surface area contributed by atoms with E-state index in [1.54, 1.807) is 7.05 Å². The van der Waals surface area contributed by atoms with E-state index in [-0.39, 0.29) is 5.75 Å². The predicted molar refractivity (Wildman–Crippen MR) is 41.7 cm³/mol. The quantitative estimate of drug-likeness (QED) is 0.564. The van der Waals surface area contributed by atoms with Crippen LogP contribution in [0, 0.1) is 0 Å². The summed E-state index contributed by atoms with van der Waals surface area (Å²) in [5.41, 5.74) is 0. The van der Waals surface area contributed by atoms with Crippen LogP contribution in [0.15, 0.2) is 0 Å². The van der Waals surface area contributed by atoms with Gasteiger partial charge in [-0.15, -0.1) is 0 Å². The van der Waals surface area contributed by atoms with Crippen molar-refractivity contribution in [1.82, 2.24) is 5.32 Å². The number of hydrogen-bond donors (Lipinski definition) is 1. The fourth-order valence-electron chi connectivity index (χ4n) is 0.224. The first-order valence-electron chi connectivity index (χ1n) is 2.13. The van der Waals surface area contributed by atoms with Crippen molar-refractivity contribution in [3.8, 4) is 0 Å². The molecule has 1 N–H and O–H groups in total. The Balaban J connectivity index is 3.42. The Morgan fingerprint density at radius 1 is 1.62 bits per heavy atom. The van der Waals surface area contributed by atoms with Crippen LogP contribution in [0.5, 0.6) is 0 Å². The molecule has 3 nitrogen and oxygen atoms in total. The first-order chi connectivity index (χ1) is 3.56. The number of nitrogens with one attached hydrogen (secondary N) is 1. The van der Waals surface area contributed by atoms with Crippen LogP contribution in [0.4, 0.5) is 0 Å². The Morgan fingerprint density at radius 3 is 2.25 bits per heavy atom. The SMILES string of the molecule is CNCCS(=O)(=O)I. The van der Waals surface area contributed by atoms with E-state index in [1.165, 1.54) is 21.2 Å². The van der Waals surface area contributed by atoms with Crippen molar-refractivity contribution < 1.29 is 8.42 Å². The molecule has 0 amide bonds. The minimum absolute atomic E-state index is 0.212. The third-order valence-corrected chi connectivity index (χ3v) is 2.61. The van der Waals surface area contributed by atoms with Gasteiger partial charge in [0.1, 0.15) is 0 Å². The van der Waals surface area contributed by atoms with E-state index in [1.807, 2.05) is 0 Å². The van der Waals surface area contributed by atoms with Crippen LogP contribution in [0.2, 0.25) is 0 Å². The van der Waals surface area contributed by atoms with E-state index in [9.17, 15) is 8.42 Å². The van der Waals surface area contributed by atoms with Gasteiger partial charge in [0.15, 0.2) is 0 Å². The Kier molecular flexibility index (Phi) is 3.91. The van der Waals surface area contributed by atoms with E-state index < -0.39 is 7.01 Å². The number of halogens is 1. The molecule has 0 aliphatic carbocycles. The van der Waals surface area contributed by atoms with Crippen molar-refractivity contribution in [2.75, 3.05) is 19.3 Å². The molecule has 0 aliphatic rings. The molecule has 0 aromatic heterocycles. The number of rotatable bonds is 3. The highest BCUT2D eigenvalue weighted by atomic mass is 127. The average Bonchev–Trinajstić information content (AvgIpc) is 1.59. The normalized spacial score (nSPS) is 11.8. The molecule has 0 aromatic rings. The largest absolute Gasteiger partial charge is 0.319 e. The fourth-order valence-corrected chi connectivity index (χ4v) is 1.33. The second-order valence-corrected chi connectivity index (χ2v) is 6.86. The summed E-state index contributed by atoms with van der Waals surface area (Å²) in [6.45, 7) is 0.533. The van der Waals surface area contributed by atoms with Crippen LogP contribution in [0.25, 0.3) is 0 Å². The van der Waals surface area contributed by atoms with Gasteiger partial charge in [0, 0.05) is 6.54 Å². The van der Waals surface area contributed by atoms with Gasteiger partial charge in [0.25, 0.3) is 0 Å². The molecule has 50 valence electrons. The summed E-state index contributed by atoms with van der Waals surface area (Å²) in [4.78, 5) is 0. The van der Waals surface area contributed by atoms with E-state index in [4.69, 9.17) is 0 Å². The lowest BCUT2D eigenvalue weighted by Gasteiger charge is -1.91. The smallest absolute Gasteiger partial charge is 0.204 e. The van der Waals surface area contributed by atoms with Gasteiger partial charge in [-0.2, -0.15) is 0 Å². The molecule has 0 fully saturated rings. The van der Waals surface area contributed by atoms with Crippen LogP contribution in [-0.4, -0.2) is 27.8 Å². The monoisotopic (exact) mass is 249 g/mol. The van der Waals surface area contributed by atoms with Gasteiger partial charge in [-0.1, -0.05) is 0 Å². The van der Waals surface area contributed by atoms with Crippen LogP contribution >= 0.6 is 21.2 Å². The minimum Gasteiger partial charge on any atom is -0.319 e. The zero-order chi connectivity index (χ0) is 6.62. The number of hydrogen-bond acceptors (Lipinski definition) is 3. The van der Waals surface area contributed by atoms with E-state index in [2.05, 4.69) is 5.32 Å². The Labute approximate surface area is 61.4 Å². The van der Waals surface area contributed by atoms with Crippen LogP contribution < -0.4 is 5.32 Å². The van der Waals surface area contributed by atoms with Gasteiger partial charge in [-0.25, -0.2) is 8.42 Å². The molecule has 0 unspecified atom stereocenters. The maximum Gasteiger partial charge on any atom is 0.204 e. The zero-order valence-corrected chi connectivity index (χ0v) is 7.49. The van der Waals surface area contributed by atoms with Crippen molar-refractivity contribution in [3.63, 3.8) is 0 Å². The van der Waals surface area contributed by atoms with Crippen LogP contribution in [0.3, 0.4) is 0 Å². The van der Waals surface area contributed by atoms with Gasteiger partial charge in [-0.3, -0.25) is 0 Å². The molecule has 0 saturated heterocycles. The Hall–Kier alpha value is 0.640. The van der Waals surface area contributed by atoms with Crippen molar-refractivity contribution >= 4 is 28.2 Å². The van der Waals surface area contributed by atoms with E-state index >= 15 is 0 Å². The summed E-state index contributed by atoms with van der Waals surface area (Å²) >= 11 is 1.43. The molecular formula is C3H8INO2S. The molecule has 0 atom stereocenters. The Morgan fingerprint density at radius 2 is 2.12 bits per heavy atom. The van der Waals surface area contributed by atoms with Gasteiger partial charge >= 0.3 is 0 Å². The van der Waals surface area contributed by atoms with E-state index in [0.717, 1.165) is 0 Å². The van der Waals surface area contributed by atoms with Crippen LogP contribution in [-0.2, 0) is 7.01 Å². The predicted octanol–water partition coefficient (Wildman–Crippen LogP) is -0.0294. The molecule has 5 heteroatoms. The molecule has 0 bridgehead atoms. The lowest BCUT2D eigenvalue weighted by Crippen LogP contribution is -2.15. The highest BCUT2D eigenvalue weighted by molar-refractivity contribution is 14.2. The summed E-state index contributed by atoms with van der Waals surface area (Å²) < 4.78 is 20.7. The second-order valence-electron chi connectivity index (χ2n) is 1.35. The van der Waals surface area contributed by atoms with Crippen molar-refractivity contribution in [2.24, 2.45) is 0 Å². The van der Waals surface area contributed by atoms with Crippen molar-refractivity contribution in [3.05, 3.63) is 0 Å². The highest BCUT2D eigenvalue weighted by Crippen LogP contribution is 1.98. The summed E-state index contributed by atoms with van der Waals surface area (Å²) in [5, 5.41) is 2.74. The van der Waals surface area contributed by atoms with Gasteiger partial charge in [-0.05, 0) is 7.05 Å². The molecule has 0 aliphatic heterocycles. The maximum atomic E-state index is 10.3. The second kappa shape index (κ2) is 3.62. The minimum atomic E-state index is -2.78.